The first kappa shape index (κ1) is 14.4. The summed E-state index contributed by atoms with van der Waals surface area (Å²) in [5, 5.41) is 4.56. The summed E-state index contributed by atoms with van der Waals surface area (Å²) in [6, 6.07) is 7.35. The Labute approximate surface area is 123 Å². The average molecular weight is 328 g/mol. The molecular weight excluding hydrogens is 306 g/mol. The van der Waals surface area contributed by atoms with Crippen molar-refractivity contribution in [1.82, 2.24) is 5.32 Å². The number of aryl methyl sites for hydroxylation is 1. The highest BCUT2D eigenvalue weighted by Crippen LogP contribution is 2.30. The van der Waals surface area contributed by atoms with E-state index < -0.39 is 0 Å². The molecule has 2 atom stereocenters. The molecule has 1 N–H and O–H groups in total. The van der Waals surface area contributed by atoms with Gasteiger partial charge in [0.05, 0.1) is 0 Å². The summed E-state index contributed by atoms with van der Waals surface area (Å²) in [4.78, 5) is 0. The number of hydrogen-bond donors (Lipinski definition) is 1. The topological polar surface area (TPSA) is 12.0 Å². The molecule has 100 valence electrons. The van der Waals surface area contributed by atoms with Crippen molar-refractivity contribution in [1.29, 1.82) is 0 Å². The predicted octanol–water partition coefficient (Wildman–Crippen LogP) is 4.52. The summed E-state index contributed by atoms with van der Waals surface area (Å²) < 4.78 is 1.22. The van der Waals surface area contributed by atoms with Gasteiger partial charge in [-0.05, 0) is 42.7 Å². The molecule has 0 aromatic heterocycles. The fraction of sp³-hybridized carbons (Fsp3) is 0.600. The molecule has 0 amide bonds. The van der Waals surface area contributed by atoms with Crippen LogP contribution in [0.3, 0.4) is 0 Å². The van der Waals surface area contributed by atoms with Gasteiger partial charge in [-0.3, -0.25) is 0 Å². The maximum Gasteiger partial charge on any atom is 0.0208 e. The molecule has 1 aliphatic carbocycles. The molecule has 1 saturated carbocycles. The Morgan fingerprint density at radius 1 is 1.39 bits per heavy atom. The van der Waals surface area contributed by atoms with Crippen molar-refractivity contribution in [3.05, 3.63) is 33.8 Å². The summed E-state index contributed by atoms with van der Waals surface area (Å²) >= 11 is 5.72. The van der Waals surface area contributed by atoms with Gasteiger partial charge in [0.2, 0.25) is 0 Å². The summed E-state index contributed by atoms with van der Waals surface area (Å²) in [7, 11) is 0. The molecule has 0 aliphatic heterocycles. The van der Waals surface area contributed by atoms with Crippen LogP contribution in [0.5, 0.6) is 0 Å². The lowest BCUT2D eigenvalue weighted by atomic mass is 10.1. The van der Waals surface area contributed by atoms with E-state index in [0.29, 0.717) is 6.04 Å². The molecule has 0 spiro atoms. The Balaban J connectivity index is 1.88. The van der Waals surface area contributed by atoms with Crippen LogP contribution in [0.15, 0.2) is 22.7 Å². The van der Waals surface area contributed by atoms with Crippen LogP contribution in [0.4, 0.5) is 0 Å². The minimum absolute atomic E-state index is 0.704. The summed E-state index contributed by atoms with van der Waals surface area (Å²) in [6.45, 7) is 5.38. The van der Waals surface area contributed by atoms with Gasteiger partial charge in [-0.25, -0.2) is 0 Å². The summed E-state index contributed by atoms with van der Waals surface area (Å²) in [5.74, 6) is 1.24. The van der Waals surface area contributed by atoms with Gasteiger partial charge in [-0.2, -0.15) is 11.8 Å². The van der Waals surface area contributed by atoms with Crippen LogP contribution in [-0.4, -0.2) is 17.0 Å². The highest BCUT2D eigenvalue weighted by atomic mass is 79.9. The predicted molar refractivity (Wildman–Crippen MR) is 85.3 cm³/mol. The zero-order chi connectivity index (χ0) is 13.0. The van der Waals surface area contributed by atoms with Crippen LogP contribution < -0.4 is 5.32 Å². The fourth-order valence-electron chi connectivity index (χ4n) is 2.57. The molecule has 18 heavy (non-hydrogen) atoms. The SMILES string of the molecule is CCSC1CCCC1NCc1ccc(C)c(Br)c1. The number of thioether (sulfide) groups is 1. The van der Waals surface area contributed by atoms with Gasteiger partial charge in [0.15, 0.2) is 0 Å². The lowest BCUT2D eigenvalue weighted by Crippen LogP contribution is -2.33. The second-order valence-corrected chi connectivity index (χ2v) is 7.37. The molecule has 0 heterocycles. The third-order valence-corrected chi connectivity index (χ3v) is 5.82. The molecular formula is C15H22BrNS. The minimum Gasteiger partial charge on any atom is -0.309 e. The summed E-state index contributed by atoms with van der Waals surface area (Å²) in [5.41, 5.74) is 2.68. The van der Waals surface area contributed by atoms with Crippen molar-refractivity contribution in [3.63, 3.8) is 0 Å². The third kappa shape index (κ3) is 3.75. The van der Waals surface area contributed by atoms with Crippen molar-refractivity contribution in [3.8, 4) is 0 Å². The van der Waals surface area contributed by atoms with Crippen molar-refractivity contribution in [2.45, 2.75) is 50.9 Å². The smallest absolute Gasteiger partial charge is 0.0208 e. The Bertz CT molecular complexity index is 394. The van der Waals surface area contributed by atoms with Crippen LogP contribution in [0, 0.1) is 6.92 Å². The zero-order valence-electron chi connectivity index (χ0n) is 11.2. The number of halogens is 1. The Kier molecular flexibility index (Phi) is 5.58. The first-order chi connectivity index (χ1) is 8.70. The van der Waals surface area contributed by atoms with Crippen LogP contribution in [0.2, 0.25) is 0 Å². The van der Waals surface area contributed by atoms with Crippen molar-refractivity contribution in [2.24, 2.45) is 0 Å². The van der Waals surface area contributed by atoms with E-state index >= 15 is 0 Å². The van der Waals surface area contributed by atoms with Crippen LogP contribution in [0.1, 0.15) is 37.3 Å². The van der Waals surface area contributed by atoms with E-state index in [4.69, 9.17) is 0 Å². The molecule has 3 heteroatoms. The largest absolute Gasteiger partial charge is 0.309 e. The van der Waals surface area contributed by atoms with Crippen molar-refractivity contribution in [2.75, 3.05) is 5.75 Å². The van der Waals surface area contributed by atoms with E-state index in [9.17, 15) is 0 Å². The Hall–Kier alpha value is 0.01000. The maximum absolute atomic E-state index is 3.74. The molecule has 1 aromatic carbocycles. The molecule has 1 fully saturated rings. The van der Waals surface area contributed by atoms with Gasteiger partial charge in [0, 0.05) is 22.3 Å². The monoisotopic (exact) mass is 327 g/mol. The normalized spacial score (nSPS) is 23.5. The number of benzene rings is 1. The van der Waals surface area contributed by atoms with Crippen molar-refractivity contribution < 1.29 is 0 Å². The van der Waals surface area contributed by atoms with Gasteiger partial charge in [0.25, 0.3) is 0 Å². The van der Waals surface area contributed by atoms with E-state index in [0.717, 1.165) is 11.8 Å². The van der Waals surface area contributed by atoms with E-state index in [1.165, 1.54) is 40.6 Å². The molecule has 0 saturated heterocycles. The lowest BCUT2D eigenvalue weighted by molar-refractivity contribution is 0.532. The highest BCUT2D eigenvalue weighted by molar-refractivity contribution is 9.10. The highest BCUT2D eigenvalue weighted by Gasteiger charge is 2.26. The van der Waals surface area contributed by atoms with Gasteiger partial charge in [-0.15, -0.1) is 0 Å². The first-order valence-electron chi connectivity index (χ1n) is 6.80. The van der Waals surface area contributed by atoms with Gasteiger partial charge in [-0.1, -0.05) is 41.4 Å². The number of rotatable bonds is 5. The average Bonchev–Trinajstić information content (AvgIpc) is 2.79. The maximum atomic E-state index is 3.74. The Morgan fingerprint density at radius 2 is 2.22 bits per heavy atom. The van der Waals surface area contributed by atoms with Crippen LogP contribution >= 0.6 is 27.7 Å². The van der Waals surface area contributed by atoms with E-state index in [-0.39, 0.29) is 0 Å². The van der Waals surface area contributed by atoms with Crippen LogP contribution in [-0.2, 0) is 6.54 Å². The summed E-state index contributed by atoms with van der Waals surface area (Å²) in [6.07, 6.45) is 4.10. The molecule has 1 nitrogen and oxygen atoms in total. The lowest BCUT2D eigenvalue weighted by Gasteiger charge is -2.20. The number of hydrogen-bond acceptors (Lipinski definition) is 2. The third-order valence-electron chi connectivity index (χ3n) is 3.64. The zero-order valence-corrected chi connectivity index (χ0v) is 13.6. The Morgan fingerprint density at radius 3 is 2.94 bits per heavy atom. The van der Waals surface area contributed by atoms with Gasteiger partial charge < -0.3 is 5.32 Å². The molecule has 0 radical (unpaired) electrons. The standard InChI is InChI=1S/C15H22BrNS/c1-3-18-15-6-4-5-14(15)17-10-12-8-7-11(2)13(16)9-12/h7-9,14-15,17H,3-6,10H2,1-2H3. The molecule has 1 aromatic rings. The first-order valence-corrected chi connectivity index (χ1v) is 8.65. The molecule has 2 unspecified atom stereocenters. The quantitative estimate of drug-likeness (QED) is 0.853. The van der Waals surface area contributed by atoms with Gasteiger partial charge in [0.1, 0.15) is 0 Å². The second-order valence-electron chi connectivity index (χ2n) is 5.00. The molecule has 2 rings (SSSR count). The molecule has 1 aliphatic rings. The van der Waals surface area contributed by atoms with E-state index in [1.54, 1.807) is 0 Å². The molecule has 0 bridgehead atoms. The second kappa shape index (κ2) is 6.97. The minimum atomic E-state index is 0.704. The van der Waals surface area contributed by atoms with E-state index in [2.05, 4.69) is 65.1 Å². The fourth-order valence-corrected chi connectivity index (χ4v) is 4.22. The van der Waals surface area contributed by atoms with Gasteiger partial charge >= 0.3 is 0 Å². The number of nitrogens with one attached hydrogen (secondary N) is 1. The van der Waals surface area contributed by atoms with Crippen molar-refractivity contribution >= 4 is 27.7 Å². The van der Waals surface area contributed by atoms with E-state index in [1.807, 2.05) is 0 Å². The van der Waals surface area contributed by atoms with Crippen LogP contribution in [0.25, 0.3) is 0 Å².